The quantitative estimate of drug-likeness (QED) is 0.473. The molecule has 7 nitrogen and oxygen atoms in total. The summed E-state index contributed by atoms with van der Waals surface area (Å²) in [5.74, 6) is 0. The molecular weight excluding hydrogens is 318 g/mol. The van der Waals surface area contributed by atoms with Crippen molar-refractivity contribution in [2.45, 2.75) is 6.61 Å². The average Bonchev–Trinajstić information content (AvgIpc) is 3.24. The van der Waals surface area contributed by atoms with Gasteiger partial charge in [-0.1, -0.05) is 59.8 Å². The largest absolute Gasteiger partial charge is 0.390 e. The van der Waals surface area contributed by atoms with E-state index >= 15 is 0 Å². The van der Waals surface area contributed by atoms with Crippen LogP contribution in [0.15, 0.2) is 64.4 Å². The Hall–Kier alpha value is -3.61. The average molecular weight is 329 g/mol. The molecule has 0 atom stereocenters. The molecule has 0 radical (unpaired) electrons. The summed E-state index contributed by atoms with van der Waals surface area (Å²) in [6, 6.07) is 17.7. The van der Waals surface area contributed by atoms with Gasteiger partial charge in [0.25, 0.3) is 0 Å². The van der Waals surface area contributed by atoms with E-state index < -0.39 is 0 Å². The molecule has 2 aromatic heterocycles. The van der Waals surface area contributed by atoms with E-state index in [0.717, 1.165) is 16.7 Å². The zero-order chi connectivity index (χ0) is 16.6. The highest BCUT2D eigenvalue weighted by Crippen LogP contribution is 2.35. The minimum absolute atomic E-state index is 0.349. The van der Waals surface area contributed by atoms with Gasteiger partial charge in [-0.25, -0.2) is 14.6 Å². The first-order valence-corrected chi connectivity index (χ1v) is 7.74. The first kappa shape index (κ1) is 13.8. The van der Waals surface area contributed by atoms with E-state index in [-0.39, 0.29) is 0 Å². The van der Waals surface area contributed by atoms with Gasteiger partial charge in [-0.3, -0.25) is 0 Å². The van der Waals surface area contributed by atoms with Gasteiger partial charge >= 0.3 is 0 Å². The van der Waals surface area contributed by atoms with E-state index in [9.17, 15) is 0 Å². The van der Waals surface area contributed by atoms with E-state index in [1.807, 2.05) is 54.6 Å². The van der Waals surface area contributed by atoms with Gasteiger partial charge < -0.3 is 4.84 Å². The van der Waals surface area contributed by atoms with Crippen LogP contribution in [0.25, 0.3) is 22.6 Å². The van der Waals surface area contributed by atoms with Gasteiger partial charge in [-0.2, -0.15) is 0 Å². The second kappa shape index (κ2) is 5.48. The van der Waals surface area contributed by atoms with Crippen molar-refractivity contribution in [2.24, 2.45) is 5.16 Å². The number of hydrogen-bond acceptors (Lipinski definition) is 7. The molecule has 0 saturated heterocycles. The Labute approximate surface area is 141 Å². The maximum Gasteiger partial charge on any atom is 0.244 e. The van der Waals surface area contributed by atoms with Crippen LogP contribution in [0.5, 0.6) is 0 Å². The van der Waals surface area contributed by atoms with Crippen molar-refractivity contribution < 1.29 is 9.47 Å². The fraction of sp³-hybridized carbons (Fsp3) is 0.0556. The van der Waals surface area contributed by atoms with Crippen LogP contribution in [0.2, 0.25) is 0 Å². The Balaban J connectivity index is 1.58. The van der Waals surface area contributed by atoms with Gasteiger partial charge in [-0.05, 0) is 15.9 Å². The van der Waals surface area contributed by atoms with Crippen molar-refractivity contribution in [2.75, 3.05) is 0 Å². The van der Waals surface area contributed by atoms with Crippen molar-refractivity contribution in [3.8, 4) is 11.3 Å². The third kappa shape index (κ3) is 2.25. The molecule has 0 amide bonds. The Morgan fingerprint density at radius 2 is 1.48 bits per heavy atom. The lowest BCUT2D eigenvalue weighted by Gasteiger charge is -2.02. The summed E-state index contributed by atoms with van der Waals surface area (Å²) in [7, 11) is 0. The van der Waals surface area contributed by atoms with Crippen LogP contribution in [0.4, 0.5) is 0 Å². The monoisotopic (exact) mass is 329 g/mol. The fourth-order valence-electron chi connectivity index (χ4n) is 2.85. The Bertz CT molecular complexity index is 1100. The molecule has 2 heterocycles. The Morgan fingerprint density at radius 3 is 2.28 bits per heavy atom. The molecule has 25 heavy (non-hydrogen) atoms. The SMILES string of the molecule is c1ccc(CO/N=C2/c3ccccc3-c3nc4nonc4nc32)cc1. The van der Waals surface area contributed by atoms with Crippen LogP contribution in [-0.4, -0.2) is 26.0 Å². The van der Waals surface area contributed by atoms with Gasteiger partial charge in [-0.15, -0.1) is 0 Å². The minimum atomic E-state index is 0.349. The molecule has 0 aliphatic heterocycles. The second-order valence-electron chi connectivity index (χ2n) is 5.58. The summed E-state index contributed by atoms with van der Waals surface area (Å²) in [4.78, 5) is 14.6. The van der Waals surface area contributed by atoms with Gasteiger partial charge in [0.2, 0.25) is 11.3 Å². The second-order valence-corrected chi connectivity index (χ2v) is 5.58. The van der Waals surface area contributed by atoms with Crippen LogP contribution in [0.3, 0.4) is 0 Å². The standard InChI is InChI=1S/C18H11N5O2/c1-2-6-11(7-3-1)10-24-21-15-13-9-5-4-8-12(13)14-16(15)20-18-17(19-14)22-25-23-18/h1-9H,10H2/b21-15-. The van der Waals surface area contributed by atoms with Crippen molar-refractivity contribution in [3.63, 3.8) is 0 Å². The molecule has 0 N–H and O–H groups in total. The summed E-state index contributed by atoms with van der Waals surface area (Å²) < 4.78 is 4.71. The zero-order valence-corrected chi connectivity index (χ0v) is 13.0. The maximum absolute atomic E-state index is 5.57. The number of fused-ring (bicyclic) bond motifs is 4. The summed E-state index contributed by atoms with van der Waals surface area (Å²) in [6.07, 6.45) is 0. The molecule has 1 aliphatic carbocycles. The summed E-state index contributed by atoms with van der Waals surface area (Å²) in [5.41, 5.74) is 5.60. The lowest BCUT2D eigenvalue weighted by molar-refractivity contribution is 0.131. The highest BCUT2D eigenvalue weighted by Gasteiger charge is 2.30. The van der Waals surface area contributed by atoms with Crippen LogP contribution < -0.4 is 0 Å². The maximum atomic E-state index is 5.57. The smallest absolute Gasteiger partial charge is 0.244 e. The summed E-state index contributed by atoms with van der Waals surface area (Å²) >= 11 is 0. The normalized spacial score (nSPS) is 13.8. The highest BCUT2D eigenvalue weighted by atomic mass is 16.6. The van der Waals surface area contributed by atoms with Crippen LogP contribution in [-0.2, 0) is 11.4 Å². The molecule has 1 aliphatic rings. The van der Waals surface area contributed by atoms with E-state index in [0.29, 0.717) is 35.0 Å². The highest BCUT2D eigenvalue weighted by molar-refractivity contribution is 6.23. The van der Waals surface area contributed by atoms with Crippen molar-refractivity contribution in [1.82, 2.24) is 20.3 Å². The minimum Gasteiger partial charge on any atom is -0.390 e. The number of nitrogens with zero attached hydrogens (tertiary/aromatic N) is 5. The van der Waals surface area contributed by atoms with Crippen LogP contribution >= 0.6 is 0 Å². The molecule has 7 heteroatoms. The van der Waals surface area contributed by atoms with Gasteiger partial charge in [0, 0.05) is 11.1 Å². The first-order valence-electron chi connectivity index (χ1n) is 7.74. The number of benzene rings is 2. The molecule has 0 fully saturated rings. The Kier molecular flexibility index (Phi) is 3.03. The van der Waals surface area contributed by atoms with E-state index in [4.69, 9.17) is 9.47 Å². The van der Waals surface area contributed by atoms with Crippen LogP contribution in [0, 0.1) is 0 Å². The summed E-state index contributed by atoms with van der Waals surface area (Å²) in [6.45, 7) is 0.378. The number of rotatable bonds is 3. The first-order chi connectivity index (χ1) is 12.4. The number of aromatic nitrogens is 4. The lowest BCUT2D eigenvalue weighted by atomic mass is 10.1. The molecule has 5 rings (SSSR count). The zero-order valence-electron chi connectivity index (χ0n) is 13.0. The van der Waals surface area contributed by atoms with Gasteiger partial charge in [0.05, 0.1) is 0 Å². The van der Waals surface area contributed by atoms with E-state index in [2.05, 4.69) is 25.4 Å². The molecule has 0 unspecified atom stereocenters. The van der Waals surface area contributed by atoms with Crippen molar-refractivity contribution >= 4 is 17.0 Å². The molecule has 4 aromatic rings. The molecule has 2 aromatic carbocycles. The third-order valence-electron chi connectivity index (χ3n) is 4.01. The predicted molar refractivity (Wildman–Crippen MR) is 89.7 cm³/mol. The summed E-state index contributed by atoms with van der Waals surface area (Å²) in [5, 5.41) is 11.9. The number of oxime groups is 1. The molecular formula is C18H11N5O2. The lowest BCUT2D eigenvalue weighted by Crippen LogP contribution is -2.03. The molecule has 0 saturated carbocycles. The topological polar surface area (TPSA) is 86.3 Å². The number of hydrogen-bond donors (Lipinski definition) is 0. The fourth-order valence-corrected chi connectivity index (χ4v) is 2.85. The van der Waals surface area contributed by atoms with Crippen molar-refractivity contribution in [3.05, 3.63) is 71.4 Å². The third-order valence-corrected chi connectivity index (χ3v) is 4.01. The predicted octanol–water partition coefficient (Wildman–Crippen LogP) is 2.96. The van der Waals surface area contributed by atoms with Gasteiger partial charge in [0.15, 0.2) is 0 Å². The Morgan fingerprint density at radius 1 is 0.800 bits per heavy atom. The van der Waals surface area contributed by atoms with E-state index in [1.165, 1.54) is 0 Å². The van der Waals surface area contributed by atoms with Crippen molar-refractivity contribution in [1.29, 1.82) is 0 Å². The molecule has 0 bridgehead atoms. The van der Waals surface area contributed by atoms with Crippen LogP contribution in [0.1, 0.15) is 16.8 Å². The molecule has 120 valence electrons. The molecule has 0 spiro atoms. The van der Waals surface area contributed by atoms with Gasteiger partial charge in [0.1, 0.15) is 23.7 Å². The van der Waals surface area contributed by atoms with E-state index in [1.54, 1.807) is 0 Å².